The van der Waals surface area contributed by atoms with Crippen LogP contribution in [0.4, 0.5) is 0 Å². The Hall–Kier alpha value is -0.0200. The number of methoxy groups -OCH3 is 1. The van der Waals surface area contributed by atoms with Gasteiger partial charge in [0.2, 0.25) is 0 Å². The lowest BCUT2D eigenvalue weighted by Crippen LogP contribution is -1.94. The van der Waals surface area contributed by atoms with E-state index in [0.717, 1.165) is 18.1 Å². The van der Waals surface area contributed by atoms with Crippen LogP contribution >= 0.6 is 31.9 Å². The number of benzene rings is 1. The van der Waals surface area contributed by atoms with Crippen molar-refractivity contribution in [3.8, 4) is 5.75 Å². The molecule has 14 heavy (non-hydrogen) atoms. The lowest BCUT2D eigenvalue weighted by molar-refractivity contribution is 0.414. The van der Waals surface area contributed by atoms with Crippen molar-refractivity contribution in [2.45, 2.75) is 16.1 Å². The van der Waals surface area contributed by atoms with Crippen LogP contribution in [0.15, 0.2) is 24.3 Å². The van der Waals surface area contributed by atoms with Gasteiger partial charge in [0.1, 0.15) is 5.75 Å². The Morgan fingerprint density at radius 2 is 1.93 bits per heavy atom. The maximum Gasteiger partial charge on any atom is 0.118 e. The molecule has 0 spiro atoms. The zero-order valence-corrected chi connectivity index (χ0v) is 11.1. The molecule has 1 aliphatic carbocycles. The molecule has 2 rings (SSSR count). The normalized spacial score (nSPS) is 23.2. The standard InChI is InChI=1S/C11H12Br2O/c1-14-10-4-2-8(3-5-10)6-9-7-11(9,12)13/h2-5,9H,6-7H2,1H3. The van der Waals surface area contributed by atoms with E-state index in [4.69, 9.17) is 4.74 Å². The molecule has 1 atom stereocenters. The van der Waals surface area contributed by atoms with Crippen molar-refractivity contribution in [2.75, 3.05) is 7.11 Å². The van der Waals surface area contributed by atoms with Crippen LogP contribution < -0.4 is 4.74 Å². The summed E-state index contributed by atoms with van der Waals surface area (Å²) < 4.78 is 5.32. The van der Waals surface area contributed by atoms with Crippen LogP contribution in [0.3, 0.4) is 0 Å². The summed E-state index contributed by atoms with van der Waals surface area (Å²) in [7, 11) is 1.69. The fraction of sp³-hybridized carbons (Fsp3) is 0.455. The average Bonchev–Trinajstić information content (AvgIpc) is 2.75. The third-order valence-corrected chi connectivity index (χ3v) is 4.54. The van der Waals surface area contributed by atoms with Crippen LogP contribution in [0.1, 0.15) is 12.0 Å². The van der Waals surface area contributed by atoms with Crippen molar-refractivity contribution in [3.63, 3.8) is 0 Å². The minimum atomic E-state index is 0.208. The molecular formula is C11H12Br2O. The van der Waals surface area contributed by atoms with E-state index in [0.29, 0.717) is 0 Å². The highest BCUT2D eigenvalue weighted by Crippen LogP contribution is 2.57. The first-order chi connectivity index (χ1) is 6.62. The highest BCUT2D eigenvalue weighted by Gasteiger charge is 2.49. The molecule has 1 aromatic rings. The fourth-order valence-electron chi connectivity index (χ4n) is 1.54. The molecule has 0 bridgehead atoms. The minimum Gasteiger partial charge on any atom is -0.497 e. The molecule has 1 aromatic carbocycles. The van der Waals surface area contributed by atoms with Crippen molar-refractivity contribution in [1.82, 2.24) is 0 Å². The van der Waals surface area contributed by atoms with Gasteiger partial charge in [-0.05, 0) is 36.5 Å². The molecule has 0 aromatic heterocycles. The van der Waals surface area contributed by atoms with Gasteiger partial charge < -0.3 is 4.74 Å². The first kappa shape index (κ1) is 10.5. The summed E-state index contributed by atoms with van der Waals surface area (Å²) in [5.74, 6) is 1.64. The van der Waals surface area contributed by atoms with E-state index in [9.17, 15) is 0 Å². The average molecular weight is 320 g/mol. The Morgan fingerprint density at radius 3 is 2.36 bits per heavy atom. The van der Waals surface area contributed by atoms with E-state index < -0.39 is 0 Å². The van der Waals surface area contributed by atoms with Crippen molar-refractivity contribution in [1.29, 1.82) is 0 Å². The van der Waals surface area contributed by atoms with Crippen LogP contribution in [0.25, 0.3) is 0 Å². The third kappa shape index (κ3) is 2.31. The Balaban J connectivity index is 1.98. The quantitative estimate of drug-likeness (QED) is 0.771. The van der Waals surface area contributed by atoms with E-state index in [-0.39, 0.29) is 3.23 Å². The maximum atomic E-state index is 5.11. The van der Waals surface area contributed by atoms with Gasteiger partial charge >= 0.3 is 0 Å². The van der Waals surface area contributed by atoms with Gasteiger partial charge in [-0.1, -0.05) is 44.0 Å². The van der Waals surface area contributed by atoms with E-state index in [2.05, 4.69) is 44.0 Å². The van der Waals surface area contributed by atoms with Gasteiger partial charge in [-0.25, -0.2) is 0 Å². The number of rotatable bonds is 3. The molecule has 1 unspecified atom stereocenters. The van der Waals surface area contributed by atoms with Crippen molar-refractivity contribution in [3.05, 3.63) is 29.8 Å². The summed E-state index contributed by atoms with van der Waals surface area (Å²) >= 11 is 7.26. The van der Waals surface area contributed by atoms with Crippen LogP contribution in [-0.2, 0) is 6.42 Å². The molecule has 0 N–H and O–H groups in total. The highest BCUT2D eigenvalue weighted by molar-refractivity contribution is 9.25. The predicted molar refractivity (Wildman–Crippen MR) is 65.4 cm³/mol. The van der Waals surface area contributed by atoms with E-state index >= 15 is 0 Å². The number of hydrogen-bond donors (Lipinski definition) is 0. The Bertz CT molecular complexity index is 319. The van der Waals surface area contributed by atoms with Crippen LogP contribution in [0, 0.1) is 5.92 Å². The van der Waals surface area contributed by atoms with Crippen molar-refractivity contribution in [2.24, 2.45) is 5.92 Å². The lowest BCUT2D eigenvalue weighted by Gasteiger charge is -2.03. The fourth-order valence-corrected chi connectivity index (χ4v) is 2.64. The van der Waals surface area contributed by atoms with Gasteiger partial charge in [0.05, 0.1) is 10.3 Å². The van der Waals surface area contributed by atoms with E-state index in [1.165, 1.54) is 12.0 Å². The first-order valence-corrected chi connectivity index (χ1v) is 6.21. The van der Waals surface area contributed by atoms with E-state index in [1.54, 1.807) is 7.11 Å². The second-order valence-corrected chi connectivity index (χ2v) is 7.61. The predicted octanol–water partition coefficient (Wildman–Crippen LogP) is 3.74. The molecule has 0 amide bonds. The number of hydrogen-bond acceptors (Lipinski definition) is 1. The molecule has 0 saturated heterocycles. The van der Waals surface area contributed by atoms with Crippen molar-refractivity contribution >= 4 is 31.9 Å². The van der Waals surface area contributed by atoms with E-state index in [1.807, 2.05) is 12.1 Å². The summed E-state index contributed by atoms with van der Waals surface area (Å²) in [5, 5.41) is 0. The molecule has 0 heterocycles. The largest absolute Gasteiger partial charge is 0.497 e. The Labute approximate surface area is 101 Å². The summed E-state index contributed by atoms with van der Waals surface area (Å²) in [6.07, 6.45) is 2.33. The maximum absolute atomic E-state index is 5.11. The van der Waals surface area contributed by atoms with Crippen molar-refractivity contribution < 1.29 is 4.74 Å². The monoisotopic (exact) mass is 318 g/mol. The molecule has 3 heteroatoms. The summed E-state index contributed by atoms with van der Waals surface area (Å²) in [5.41, 5.74) is 1.37. The second-order valence-electron chi connectivity index (χ2n) is 3.71. The SMILES string of the molecule is COc1ccc(CC2CC2(Br)Br)cc1. The summed E-state index contributed by atoms with van der Waals surface area (Å²) in [4.78, 5) is 0. The smallest absolute Gasteiger partial charge is 0.118 e. The van der Waals surface area contributed by atoms with Crippen LogP contribution in [0.2, 0.25) is 0 Å². The lowest BCUT2D eigenvalue weighted by atomic mass is 10.1. The van der Waals surface area contributed by atoms with Crippen LogP contribution in [-0.4, -0.2) is 10.3 Å². The molecule has 76 valence electrons. The topological polar surface area (TPSA) is 9.23 Å². The van der Waals surface area contributed by atoms with Gasteiger partial charge in [-0.2, -0.15) is 0 Å². The summed E-state index contributed by atoms with van der Waals surface area (Å²) in [6.45, 7) is 0. The molecule has 1 fully saturated rings. The third-order valence-electron chi connectivity index (χ3n) is 2.60. The molecule has 1 nitrogen and oxygen atoms in total. The first-order valence-electron chi connectivity index (χ1n) is 4.62. The Kier molecular flexibility index (Phi) is 2.89. The van der Waals surface area contributed by atoms with Gasteiger partial charge in [-0.3, -0.25) is 0 Å². The number of halogens is 2. The summed E-state index contributed by atoms with van der Waals surface area (Å²) in [6, 6.07) is 8.30. The molecule has 1 aliphatic rings. The van der Waals surface area contributed by atoms with Crippen LogP contribution in [0.5, 0.6) is 5.75 Å². The molecule has 0 radical (unpaired) electrons. The number of ether oxygens (including phenoxy) is 1. The van der Waals surface area contributed by atoms with Gasteiger partial charge in [0.15, 0.2) is 0 Å². The second kappa shape index (κ2) is 3.86. The van der Waals surface area contributed by atoms with Gasteiger partial charge in [0.25, 0.3) is 0 Å². The Morgan fingerprint density at radius 1 is 1.36 bits per heavy atom. The zero-order valence-electron chi connectivity index (χ0n) is 7.97. The molecule has 1 saturated carbocycles. The highest BCUT2D eigenvalue weighted by atomic mass is 79.9. The molecule has 0 aliphatic heterocycles. The minimum absolute atomic E-state index is 0.208. The molecular weight excluding hydrogens is 308 g/mol. The van der Waals surface area contributed by atoms with Gasteiger partial charge in [0, 0.05) is 0 Å². The number of alkyl halides is 2. The zero-order chi connectivity index (χ0) is 10.2. The van der Waals surface area contributed by atoms with Gasteiger partial charge in [-0.15, -0.1) is 0 Å².